The molecule has 0 spiro atoms. The van der Waals surface area contributed by atoms with Gasteiger partial charge in [-0.3, -0.25) is 0 Å². The molecule has 0 saturated carbocycles. The fourth-order valence-corrected chi connectivity index (χ4v) is 1.97. The maximum absolute atomic E-state index is 12.5. The van der Waals surface area contributed by atoms with E-state index in [0.29, 0.717) is 12.5 Å². The molecule has 0 aliphatic carbocycles. The molecule has 1 rings (SSSR count). The van der Waals surface area contributed by atoms with Crippen molar-refractivity contribution in [3.8, 4) is 0 Å². The van der Waals surface area contributed by atoms with Crippen molar-refractivity contribution in [1.29, 1.82) is 0 Å². The summed E-state index contributed by atoms with van der Waals surface area (Å²) in [6, 6.07) is 3.70. The summed E-state index contributed by atoms with van der Waals surface area (Å²) < 4.78 is 37.5. The SMILES string of the molecule is CCC(CC)C(N)CNc1cccc(C(F)(F)F)n1. The lowest BCUT2D eigenvalue weighted by Gasteiger charge is -2.21. The Bertz CT molecular complexity index is 389. The standard InChI is InChI=1S/C13H20F3N3/c1-3-9(4-2)10(17)8-18-12-7-5-6-11(19-12)13(14,15)16/h5-7,9-10H,3-4,8,17H2,1-2H3,(H,18,19). The molecule has 1 aromatic heterocycles. The van der Waals surface area contributed by atoms with Crippen molar-refractivity contribution in [1.82, 2.24) is 4.98 Å². The van der Waals surface area contributed by atoms with Gasteiger partial charge in [0.05, 0.1) is 0 Å². The third kappa shape index (κ3) is 4.70. The number of rotatable bonds is 6. The van der Waals surface area contributed by atoms with Crippen molar-refractivity contribution in [2.45, 2.75) is 38.9 Å². The van der Waals surface area contributed by atoms with Gasteiger partial charge < -0.3 is 11.1 Å². The fraction of sp³-hybridized carbons (Fsp3) is 0.615. The minimum Gasteiger partial charge on any atom is -0.368 e. The largest absolute Gasteiger partial charge is 0.433 e. The Morgan fingerprint density at radius 2 is 1.89 bits per heavy atom. The number of hydrogen-bond donors (Lipinski definition) is 2. The van der Waals surface area contributed by atoms with E-state index >= 15 is 0 Å². The van der Waals surface area contributed by atoms with Gasteiger partial charge in [0.15, 0.2) is 0 Å². The van der Waals surface area contributed by atoms with Gasteiger partial charge in [-0.25, -0.2) is 4.98 Å². The van der Waals surface area contributed by atoms with Gasteiger partial charge in [0.25, 0.3) is 0 Å². The number of pyridine rings is 1. The predicted octanol–water partition coefficient (Wildman–Crippen LogP) is 3.28. The van der Waals surface area contributed by atoms with E-state index in [1.54, 1.807) is 0 Å². The van der Waals surface area contributed by atoms with E-state index in [2.05, 4.69) is 24.1 Å². The zero-order valence-corrected chi connectivity index (χ0v) is 11.2. The molecular weight excluding hydrogens is 255 g/mol. The Labute approximate surface area is 111 Å². The molecule has 1 atom stereocenters. The Kier molecular flexibility index (Phi) is 5.60. The van der Waals surface area contributed by atoms with Crippen LogP contribution in [0, 0.1) is 5.92 Å². The van der Waals surface area contributed by atoms with E-state index in [1.807, 2.05) is 0 Å². The van der Waals surface area contributed by atoms with Crippen LogP contribution in [-0.2, 0) is 6.18 Å². The van der Waals surface area contributed by atoms with Gasteiger partial charge in [-0.05, 0) is 18.1 Å². The number of nitrogens with two attached hydrogens (primary N) is 1. The average molecular weight is 275 g/mol. The maximum atomic E-state index is 12.5. The molecule has 0 saturated heterocycles. The molecule has 1 aromatic rings. The first-order valence-electron chi connectivity index (χ1n) is 6.42. The second-order valence-corrected chi connectivity index (χ2v) is 4.53. The summed E-state index contributed by atoms with van der Waals surface area (Å²) in [5, 5.41) is 2.87. The molecule has 0 aliphatic heterocycles. The molecule has 0 aromatic carbocycles. The van der Waals surface area contributed by atoms with Crippen molar-refractivity contribution in [2.24, 2.45) is 11.7 Å². The summed E-state index contributed by atoms with van der Waals surface area (Å²) in [5.41, 5.74) is 5.10. The van der Waals surface area contributed by atoms with Crippen LogP contribution in [0.1, 0.15) is 32.4 Å². The summed E-state index contributed by atoms with van der Waals surface area (Å²) in [6.45, 7) is 4.52. The van der Waals surface area contributed by atoms with Crippen LogP contribution in [0.2, 0.25) is 0 Å². The van der Waals surface area contributed by atoms with E-state index in [4.69, 9.17) is 5.73 Å². The monoisotopic (exact) mass is 275 g/mol. The lowest BCUT2D eigenvalue weighted by atomic mass is 9.95. The van der Waals surface area contributed by atoms with Crippen LogP contribution in [0.15, 0.2) is 18.2 Å². The second kappa shape index (κ2) is 6.75. The molecule has 3 nitrogen and oxygen atoms in total. The highest BCUT2D eigenvalue weighted by Crippen LogP contribution is 2.28. The van der Waals surface area contributed by atoms with E-state index in [-0.39, 0.29) is 11.9 Å². The number of anilines is 1. The second-order valence-electron chi connectivity index (χ2n) is 4.53. The van der Waals surface area contributed by atoms with Crippen molar-refractivity contribution < 1.29 is 13.2 Å². The van der Waals surface area contributed by atoms with Crippen LogP contribution >= 0.6 is 0 Å². The topological polar surface area (TPSA) is 50.9 Å². The number of alkyl halides is 3. The van der Waals surface area contributed by atoms with Gasteiger partial charge in [0, 0.05) is 12.6 Å². The molecular formula is C13H20F3N3. The molecule has 0 radical (unpaired) electrons. The molecule has 0 amide bonds. The Morgan fingerprint density at radius 3 is 2.42 bits per heavy atom. The van der Waals surface area contributed by atoms with E-state index in [1.165, 1.54) is 12.1 Å². The fourth-order valence-electron chi connectivity index (χ4n) is 1.97. The van der Waals surface area contributed by atoms with Gasteiger partial charge in [0.2, 0.25) is 0 Å². The minimum atomic E-state index is -4.42. The number of halogens is 3. The molecule has 6 heteroatoms. The Balaban J connectivity index is 2.63. The molecule has 3 N–H and O–H groups in total. The first-order chi connectivity index (χ1) is 8.88. The number of hydrogen-bond acceptors (Lipinski definition) is 3. The summed E-state index contributed by atoms with van der Waals surface area (Å²) >= 11 is 0. The quantitative estimate of drug-likeness (QED) is 0.837. The summed E-state index contributed by atoms with van der Waals surface area (Å²) in [4.78, 5) is 3.54. The predicted molar refractivity (Wildman–Crippen MR) is 69.8 cm³/mol. The van der Waals surface area contributed by atoms with Crippen LogP contribution in [0.25, 0.3) is 0 Å². The number of nitrogens with one attached hydrogen (secondary N) is 1. The zero-order chi connectivity index (χ0) is 14.5. The van der Waals surface area contributed by atoms with Gasteiger partial charge >= 0.3 is 6.18 Å². The van der Waals surface area contributed by atoms with Gasteiger partial charge in [-0.15, -0.1) is 0 Å². The summed E-state index contributed by atoms with van der Waals surface area (Å²) in [6.07, 6.45) is -2.51. The molecule has 0 fully saturated rings. The highest BCUT2D eigenvalue weighted by atomic mass is 19.4. The van der Waals surface area contributed by atoms with Gasteiger partial charge in [-0.2, -0.15) is 13.2 Å². The smallest absolute Gasteiger partial charge is 0.368 e. The summed E-state index contributed by atoms with van der Waals surface area (Å²) in [5.74, 6) is 0.564. The minimum absolute atomic E-state index is 0.0913. The molecule has 1 heterocycles. The van der Waals surface area contributed by atoms with Crippen LogP contribution in [0.3, 0.4) is 0 Å². The van der Waals surface area contributed by atoms with Crippen LogP contribution in [0.4, 0.5) is 19.0 Å². The van der Waals surface area contributed by atoms with Crippen molar-refractivity contribution in [2.75, 3.05) is 11.9 Å². The van der Waals surface area contributed by atoms with Crippen molar-refractivity contribution >= 4 is 5.82 Å². The van der Waals surface area contributed by atoms with Gasteiger partial charge in [0.1, 0.15) is 11.5 Å². The highest BCUT2D eigenvalue weighted by molar-refractivity contribution is 5.36. The van der Waals surface area contributed by atoms with Crippen molar-refractivity contribution in [3.63, 3.8) is 0 Å². The third-order valence-corrected chi connectivity index (χ3v) is 3.21. The summed E-state index contributed by atoms with van der Waals surface area (Å²) in [7, 11) is 0. The normalized spacial score (nSPS) is 13.6. The average Bonchev–Trinajstić information content (AvgIpc) is 2.37. The lowest BCUT2D eigenvalue weighted by Crippen LogP contribution is -2.36. The Morgan fingerprint density at radius 1 is 1.26 bits per heavy atom. The first-order valence-corrected chi connectivity index (χ1v) is 6.42. The molecule has 1 unspecified atom stereocenters. The van der Waals surface area contributed by atoms with Crippen LogP contribution < -0.4 is 11.1 Å². The third-order valence-electron chi connectivity index (χ3n) is 3.21. The van der Waals surface area contributed by atoms with E-state index in [0.717, 1.165) is 18.9 Å². The number of nitrogens with zero attached hydrogens (tertiary/aromatic N) is 1. The van der Waals surface area contributed by atoms with Crippen LogP contribution in [0.5, 0.6) is 0 Å². The molecule has 0 aliphatic rings. The zero-order valence-electron chi connectivity index (χ0n) is 11.2. The van der Waals surface area contributed by atoms with E-state index < -0.39 is 11.9 Å². The van der Waals surface area contributed by atoms with Crippen LogP contribution in [-0.4, -0.2) is 17.6 Å². The van der Waals surface area contributed by atoms with Crippen molar-refractivity contribution in [3.05, 3.63) is 23.9 Å². The maximum Gasteiger partial charge on any atom is 0.433 e. The first kappa shape index (κ1) is 15.8. The molecule has 108 valence electrons. The molecule has 19 heavy (non-hydrogen) atoms. The van der Waals surface area contributed by atoms with Gasteiger partial charge in [-0.1, -0.05) is 32.8 Å². The molecule has 0 bridgehead atoms. The lowest BCUT2D eigenvalue weighted by molar-refractivity contribution is -0.141. The number of aromatic nitrogens is 1. The van der Waals surface area contributed by atoms with E-state index in [9.17, 15) is 13.2 Å². The highest BCUT2D eigenvalue weighted by Gasteiger charge is 2.32. The Hall–Kier alpha value is -1.30.